The summed E-state index contributed by atoms with van der Waals surface area (Å²) < 4.78 is 6.00. The number of nitrogens with zero attached hydrogens (tertiary/aromatic N) is 1. The Morgan fingerprint density at radius 3 is 2.56 bits per heavy atom. The van der Waals surface area contributed by atoms with Crippen molar-refractivity contribution in [3.8, 4) is 0 Å². The second-order valence-corrected chi connectivity index (χ2v) is 4.55. The molecular weight excluding hydrogens is 200 g/mol. The van der Waals surface area contributed by atoms with E-state index in [4.69, 9.17) is 10.5 Å². The third kappa shape index (κ3) is 2.80. The van der Waals surface area contributed by atoms with Gasteiger partial charge in [-0.1, -0.05) is 12.8 Å². The molecule has 2 rings (SSSR count). The Bertz CT molecular complexity index is 307. The second kappa shape index (κ2) is 5.41. The molecule has 1 heterocycles. The van der Waals surface area contributed by atoms with Gasteiger partial charge in [-0.05, 0) is 37.0 Å². The maximum atomic E-state index is 6.00. The van der Waals surface area contributed by atoms with Crippen molar-refractivity contribution in [2.45, 2.75) is 37.7 Å². The number of hydrogen-bond acceptors (Lipinski definition) is 3. The van der Waals surface area contributed by atoms with Crippen molar-refractivity contribution >= 4 is 0 Å². The summed E-state index contributed by atoms with van der Waals surface area (Å²) in [4.78, 5) is 4.00. The second-order valence-electron chi connectivity index (χ2n) is 4.55. The molecule has 0 amide bonds. The van der Waals surface area contributed by atoms with E-state index in [0.717, 1.165) is 25.9 Å². The maximum absolute atomic E-state index is 6.00. The normalized spacial score (nSPS) is 18.8. The lowest BCUT2D eigenvalue weighted by Crippen LogP contribution is -2.38. The minimum Gasteiger partial charge on any atom is -0.373 e. The fraction of sp³-hybridized carbons (Fsp3) is 0.615. The van der Waals surface area contributed by atoms with Crippen molar-refractivity contribution in [1.82, 2.24) is 4.98 Å². The summed E-state index contributed by atoms with van der Waals surface area (Å²) in [6.07, 6.45) is 9.36. The molecule has 0 aromatic carbocycles. The molecule has 1 saturated carbocycles. The highest BCUT2D eigenvalue weighted by atomic mass is 16.5. The summed E-state index contributed by atoms with van der Waals surface area (Å²) in [5.41, 5.74) is 7.07. The lowest BCUT2D eigenvalue weighted by atomic mass is 10.0. The molecule has 0 aliphatic heterocycles. The van der Waals surface area contributed by atoms with E-state index in [1.807, 2.05) is 24.5 Å². The largest absolute Gasteiger partial charge is 0.373 e. The van der Waals surface area contributed by atoms with Crippen LogP contribution in [0, 0.1) is 0 Å². The van der Waals surface area contributed by atoms with Gasteiger partial charge in [0.2, 0.25) is 0 Å². The lowest BCUT2D eigenvalue weighted by molar-refractivity contribution is -0.0319. The Labute approximate surface area is 97.0 Å². The van der Waals surface area contributed by atoms with Crippen molar-refractivity contribution < 1.29 is 4.74 Å². The summed E-state index contributed by atoms with van der Waals surface area (Å²) >= 11 is 0. The van der Waals surface area contributed by atoms with Crippen molar-refractivity contribution in [2.75, 3.05) is 13.2 Å². The number of aromatic nitrogens is 1. The first-order valence-corrected chi connectivity index (χ1v) is 6.08. The maximum Gasteiger partial charge on any atom is 0.0804 e. The molecule has 1 aliphatic carbocycles. The summed E-state index contributed by atoms with van der Waals surface area (Å²) in [5.74, 6) is 0. The molecule has 1 aromatic heterocycles. The Kier molecular flexibility index (Phi) is 3.91. The van der Waals surface area contributed by atoms with Crippen LogP contribution in [0.15, 0.2) is 24.5 Å². The third-order valence-corrected chi connectivity index (χ3v) is 3.44. The SMILES string of the molecule is NCC1(OCCc2ccncc2)CCCC1. The smallest absolute Gasteiger partial charge is 0.0804 e. The Balaban J connectivity index is 1.79. The average molecular weight is 220 g/mol. The first kappa shape index (κ1) is 11.6. The molecule has 3 heteroatoms. The van der Waals surface area contributed by atoms with Crippen LogP contribution in [0.2, 0.25) is 0 Å². The highest BCUT2D eigenvalue weighted by Crippen LogP contribution is 2.32. The van der Waals surface area contributed by atoms with E-state index in [-0.39, 0.29) is 5.60 Å². The van der Waals surface area contributed by atoms with Gasteiger partial charge in [-0.2, -0.15) is 0 Å². The fourth-order valence-corrected chi connectivity index (χ4v) is 2.36. The zero-order valence-corrected chi connectivity index (χ0v) is 9.69. The highest BCUT2D eigenvalue weighted by molar-refractivity contribution is 5.09. The number of rotatable bonds is 5. The molecule has 16 heavy (non-hydrogen) atoms. The average Bonchev–Trinajstić information content (AvgIpc) is 2.80. The molecule has 3 nitrogen and oxygen atoms in total. The zero-order valence-electron chi connectivity index (χ0n) is 9.69. The molecule has 0 saturated heterocycles. The van der Waals surface area contributed by atoms with Crippen molar-refractivity contribution in [2.24, 2.45) is 5.73 Å². The molecule has 2 N–H and O–H groups in total. The van der Waals surface area contributed by atoms with Gasteiger partial charge in [0.05, 0.1) is 12.2 Å². The number of nitrogens with two attached hydrogens (primary N) is 1. The molecule has 88 valence electrons. The van der Waals surface area contributed by atoms with E-state index in [1.54, 1.807) is 0 Å². The van der Waals surface area contributed by atoms with E-state index in [2.05, 4.69) is 4.98 Å². The topological polar surface area (TPSA) is 48.1 Å². The van der Waals surface area contributed by atoms with Gasteiger partial charge < -0.3 is 10.5 Å². The minimum absolute atomic E-state index is 0.0208. The highest BCUT2D eigenvalue weighted by Gasteiger charge is 2.32. The zero-order chi connectivity index (χ0) is 11.3. The quantitative estimate of drug-likeness (QED) is 0.824. The van der Waals surface area contributed by atoms with Gasteiger partial charge in [-0.15, -0.1) is 0 Å². The lowest BCUT2D eigenvalue weighted by Gasteiger charge is -2.27. The van der Waals surface area contributed by atoms with Crippen LogP contribution in [-0.4, -0.2) is 23.7 Å². The standard InChI is InChI=1S/C13H20N2O/c14-11-13(6-1-2-7-13)16-10-5-12-3-8-15-9-4-12/h3-4,8-9H,1-2,5-7,10-11,14H2. The first-order chi connectivity index (χ1) is 7.85. The molecule has 0 radical (unpaired) electrons. The molecule has 1 aliphatic rings. The molecular formula is C13H20N2O. The van der Waals surface area contributed by atoms with Gasteiger partial charge in [0.15, 0.2) is 0 Å². The van der Waals surface area contributed by atoms with Crippen molar-refractivity contribution in [3.63, 3.8) is 0 Å². The molecule has 1 aromatic rings. The Morgan fingerprint density at radius 2 is 1.94 bits per heavy atom. The van der Waals surface area contributed by atoms with Crippen LogP contribution in [0.1, 0.15) is 31.2 Å². The predicted octanol–water partition coefficient (Wildman–Crippen LogP) is 1.91. The molecule has 0 spiro atoms. The number of hydrogen-bond donors (Lipinski definition) is 1. The van der Waals surface area contributed by atoms with Gasteiger partial charge >= 0.3 is 0 Å². The van der Waals surface area contributed by atoms with Gasteiger partial charge in [0.25, 0.3) is 0 Å². The Morgan fingerprint density at radius 1 is 1.25 bits per heavy atom. The van der Waals surface area contributed by atoms with Gasteiger partial charge in [0.1, 0.15) is 0 Å². The van der Waals surface area contributed by atoms with Crippen LogP contribution in [0.5, 0.6) is 0 Å². The monoisotopic (exact) mass is 220 g/mol. The van der Waals surface area contributed by atoms with E-state index in [0.29, 0.717) is 6.54 Å². The first-order valence-electron chi connectivity index (χ1n) is 6.08. The van der Waals surface area contributed by atoms with Crippen LogP contribution in [0.4, 0.5) is 0 Å². The molecule has 0 atom stereocenters. The summed E-state index contributed by atoms with van der Waals surface area (Å²) in [7, 11) is 0. The number of pyridine rings is 1. The van der Waals surface area contributed by atoms with E-state index < -0.39 is 0 Å². The van der Waals surface area contributed by atoms with Gasteiger partial charge in [-0.25, -0.2) is 0 Å². The molecule has 1 fully saturated rings. The van der Waals surface area contributed by atoms with Gasteiger partial charge in [-0.3, -0.25) is 4.98 Å². The van der Waals surface area contributed by atoms with Crippen LogP contribution in [-0.2, 0) is 11.2 Å². The van der Waals surface area contributed by atoms with Crippen LogP contribution in [0.25, 0.3) is 0 Å². The summed E-state index contributed by atoms with van der Waals surface area (Å²) in [6.45, 7) is 1.42. The van der Waals surface area contributed by atoms with Crippen LogP contribution < -0.4 is 5.73 Å². The fourth-order valence-electron chi connectivity index (χ4n) is 2.36. The van der Waals surface area contributed by atoms with Crippen LogP contribution >= 0.6 is 0 Å². The Hall–Kier alpha value is -0.930. The van der Waals surface area contributed by atoms with E-state index in [1.165, 1.54) is 18.4 Å². The van der Waals surface area contributed by atoms with Crippen molar-refractivity contribution in [1.29, 1.82) is 0 Å². The van der Waals surface area contributed by atoms with Crippen LogP contribution in [0.3, 0.4) is 0 Å². The van der Waals surface area contributed by atoms with Gasteiger partial charge in [0, 0.05) is 18.9 Å². The summed E-state index contributed by atoms with van der Waals surface area (Å²) in [6, 6.07) is 4.07. The van der Waals surface area contributed by atoms with E-state index in [9.17, 15) is 0 Å². The number of ether oxygens (including phenoxy) is 1. The van der Waals surface area contributed by atoms with Crippen molar-refractivity contribution in [3.05, 3.63) is 30.1 Å². The predicted molar refractivity (Wildman–Crippen MR) is 64.1 cm³/mol. The van der Waals surface area contributed by atoms with E-state index >= 15 is 0 Å². The molecule has 0 bridgehead atoms. The third-order valence-electron chi connectivity index (χ3n) is 3.44. The molecule has 0 unspecified atom stereocenters. The minimum atomic E-state index is -0.0208. The summed E-state index contributed by atoms with van der Waals surface area (Å²) in [5, 5.41) is 0.